The van der Waals surface area contributed by atoms with Gasteiger partial charge in [0.15, 0.2) is 0 Å². The maximum Gasteiger partial charge on any atom is 0.127 e. The van der Waals surface area contributed by atoms with E-state index in [-0.39, 0.29) is 5.41 Å². The van der Waals surface area contributed by atoms with Crippen LogP contribution in [0.25, 0.3) is 0 Å². The zero-order chi connectivity index (χ0) is 14.3. The van der Waals surface area contributed by atoms with E-state index in [2.05, 4.69) is 32.9 Å². The molecule has 20 heavy (non-hydrogen) atoms. The molecular formula is C18H25ClO. The highest BCUT2D eigenvalue weighted by molar-refractivity contribution is 6.31. The average molecular weight is 293 g/mol. The Hall–Kier alpha value is -0.690. The molecule has 0 spiro atoms. The molecule has 1 heterocycles. The van der Waals surface area contributed by atoms with Gasteiger partial charge in [-0.15, -0.1) is 0 Å². The SMILES string of the molecule is CC(C)(C)[C@H]1CCOc2c1ccc(Cl)c2CCC1CC1. The highest BCUT2D eigenvalue weighted by Gasteiger charge is 2.33. The number of hydrogen-bond donors (Lipinski definition) is 0. The Bertz CT molecular complexity index is 497. The maximum atomic E-state index is 6.45. The van der Waals surface area contributed by atoms with Gasteiger partial charge in [0.2, 0.25) is 0 Å². The van der Waals surface area contributed by atoms with Crippen molar-refractivity contribution in [1.82, 2.24) is 0 Å². The molecule has 0 unspecified atom stereocenters. The molecule has 1 saturated carbocycles. The summed E-state index contributed by atoms with van der Waals surface area (Å²) in [5, 5.41) is 0.888. The molecule has 0 N–H and O–H groups in total. The zero-order valence-corrected chi connectivity index (χ0v) is 13.6. The molecule has 1 aliphatic carbocycles. The molecule has 1 aromatic carbocycles. The van der Waals surface area contributed by atoms with Gasteiger partial charge in [-0.3, -0.25) is 0 Å². The highest BCUT2D eigenvalue weighted by Crippen LogP contribution is 2.47. The third-order valence-corrected chi connectivity index (χ3v) is 5.16. The first kappa shape index (κ1) is 14.3. The van der Waals surface area contributed by atoms with E-state index >= 15 is 0 Å². The van der Waals surface area contributed by atoms with E-state index < -0.39 is 0 Å². The Morgan fingerprint density at radius 3 is 2.60 bits per heavy atom. The van der Waals surface area contributed by atoms with Crippen molar-refractivity contribution in [2.45, 2.75) is 58.8 Å². The fourth-order valence-corrected chi connectivity index (χ4v) is 3.63. The summed E-state index contributed by atoms with van der Waals surface area (Å²) in [6, 6.07) is 4.27. The molecule has 110 valence electrons. The average Bonchev–Trinajstić information content (AvgIpc) is 3.19. The Labute approximate surface area is 127 Å². The summed E-state index contributed by atoms with van der Waals surface area (Å²) in [6.07, 6.45) is 6.25. The van der Waals surface area contributed by atoms with Crippen LogP contribution in [0.1, 0.15) is 63.5 Å². The van der Waals surface area contributed by atoms with Crippen LogP contribution < -0.4 is 4.74 Å². The first-order valence-electron chi connectivity index (χ1n) is 7.91. The molecule has 0 amide bonds. The summed E-state index contributed by atoms with van der Waals surface area (Å²) in [7, 11) is 0. The minimum Gasteiger partial charge on any atom is -0.493 e. The number of ether oxygens (including phenoxy) is 1. The fraction of sp³-hybridized carbons (Fsp3) is 0.667. The molecule has 3 rings (SSSR count). The minimum absolute atomic E-state index is 0.278. The van der Waals surface area contributed by atoms with E-state index in [1.165, 1.54) is 30.4 Å². The van der Waals surface area contributed by atoms with Gasteiger partial charge in [0.1, 0.15) is 5.75 Å². The van der Waals surface area contributed by atoms with E-state index in [9.17, 15) is 0 Å². The van der Waals surface area contributed by atoms with E-state index in [4.69, 9.17) is 16.3 Å². The number of halogens is 1. The monoisotopic (exact) mass is 292 g/mol. The number of hydrogen-bond acceptors (Lipinski definition) is 1. The molecule has 0 bridgehead atoms. The van der Waals surface area contributed by atoms with Crippen molar-refractivity contribution >= 4 is 11.6 Å². The van der Waals surface area contributed by atoms with Crippen LogP contribution >= 0.6 is 11.6 Å². The summed E-state index contributed by atoms with van der Waals surface area (Å²) in [5.41, 5.74) is 2.91. The lowest BCUT2D eigenvalue weighted by Gasteiger charge is -2.36. The van der Waals surface area contributed by atoms with Crippen LogP contribution in [-0.4, -0.2) is 6.61 Å². The van der Waals surface area contributed by atoms with Crippen LogP contribution in [0.3, 0.4) is 0 Å². The van der Waals surface area contributed by atoms with Gasteiger partial charge in [0.25, 0.3) is 0 Å². The summed E-state index contributed by atoms with van der Waals surface area (Å²) >= 11 is 6.45. The van der Waals surface area contributed by atoms with Crippen LogP contribution in [0.5, 0.6) is 5.75 Å². The van der Waals surface area contributed by atoms with Gasteiger partial charge in [-0.05, 0) is 48.1 Å². The molecule has 1 aromatic rings. The summed E-state index contributed by atoms with van der Waals surface area (Å²) < 4.78 is 6.03. The number of fused-ring (bicyclic) bond motifs is 1. The molecule has 1 fully saturated rings. The third kappa shape index (κ3) is 2.83. The second kappa shape index (κ2) is 5.26. The molecule has 0 saturated heterocycles. The van der Waals surface area contributed by atoms with Crippen LogP contribution in [0.15, 0.2) is 12.1 Å². The lowest BCUT2D eigenvalue weighted by Crippen LogP contribution is -2.25. The van der Waals surface area contributed by atoms with Crippen LogP contribution in [-0.2, 0) is 6.42 Å². The molecule has 1 nitrogen and oxygen atoms in total. The first-order chi connectivity index (χ1) is 9.47. The maximum absolute atomic E-state index is 6.45. The van der Waals surface area contributed by atoms with Gasteiger partial charge in [0, 0.05) is 10.6 Å². The predicted molar refractivity (Wildman–Crippen MR) is 84.8 cm³/mol. The van der Waals surface area contributed by atoms with E-state index in [1.807, 2.05) is 0 Å². The normalized spacial score (nSPS) is 22.3. The fourth-order valence-electron chi connectivity index (χ4n) is 3.39. The van der Waals surface area contributed by atoms with Crippen molar-refractivity contribution < 1.29 is 4.74 Å². The Kier molecular flexibility index (Phi) is 3.75. The molecule has 2 aliphatic rings. The van der Waals surface area contributed by atoms with E-state index in [0.717, 1.165) is 36.1 Å². The van der Waals surface area contributed by atoms with Gasteiger partial charge >= 0.3 is 0 Å². The molecule has 2 heteroatoms. The molecule has 0 radical (unpaired) electrons. The predicted octanol–water partition coefficient (Wildman–Crippen LogP) is 5.59. The second-order valence-electron chi connectivity index (χ2n) is 7.48. The molecular weight excluding hydrogens is 268 g/mol. The smallest absolute Gasteiger partial charge is 0.127 e. The van der Waals surface area contributed by atoms with Crippen molar-refractivity contribution in [3.05, 3.63) is 28.3 Å². The van der Waals surface area contributed by atoms with E-state index in [0.29, 0.717) is 5.92 Å². The Morgan fingerprint density at radius 2 is 1.95 bits per heavy atom. The van der Waals surface area contributed by atoms with Crippen LogP contribution in [0.2, 0.25) is 5.02 Å². The summed E-state index contributed by atoms with van der Waals surface area (Å²) in [5.74, 6) is 2.61. The van der Waals surface area contributed by atoms with E-state index in [1.54, 1.807) is 0 Å². The molecule has 1 aliphatic heterocycles. The van der Waals surface area contributed by atoms with Gasteiger partial charge in [-0.2, -0.15) is 0 Å². The topological polar surface area (TPSA) is 9.23 Å². The minimum atomic E-state index is 0.278. The van der Waals surface area contributed by atoms with Crippen molar-refractivity contribution in [2.24, 2.45) is 11.3 Å². The largest absolute Gasteiger partial charge is 0.493 e. The second-order valence-corrected chi connectivity index (χ2v) is 7.89. The first-order valence-corrected chi connectivity index (χ1v) is 8.28. The number of benzene rings is 1. The summed E-state index contributed by atoms with van der Waals surface area (Å²) in [6.45, 7) is 7.80. The van der Waals surface area contributed by atoms with Crippen molar-refractivity contribution in [2.75, 3.05) is 6.61 Å². The van der Waals surface area contributed by atoms with Crippen LogP contribution in [0.4, 0.5) is 0 Å². The van der Waals surface area contributed by atoms with Crippen molar-refractivity contribution in [1.29, 1.82) is 0 Å². The molecule has 1 atom stereocenters. The highest BCUT2D eigenvalue weighted by atomic mass is 35.5. The van der Waals surface area contributed by atoms with Gasteiger partial charge < -0.3 is 4.74 Å². The summed E-state index contributed by atoms with van der Waals surface area (Å²) in [4.78, 5) is 0. The Morgan fingerprint density at radius 1 is 1.20 bits per heavy atom. The third-order valence-electron chi connectivity index (χ3n) is 4.81. The van der Waals surface area contributed by atoms with Crippen molar-refractivity contribution in [3.8, 4) is 5.75 Å². The van der Waals surface area contributed by atoms with Gasteiger partial charge in [0.05, 0.1) is 6.61 Å². The standard InChI is InChI=1S/C18H25ClO/c1-18(2,3)15-10-11-20-17-13(15)8-9-16(19)14(17)7-6-12-4-5-12/h8-9,12,15H,4-7,10-11H2,1-3H3/t15-/m0/s1. The van der Waals surface area contributed by atoms with Crippen molar-refractivity contribution in [3.63, 3.8) is 0 Å². The quantitative estimate of drug-likeness (QED) is 0.705. The zero-order valence-electron chi connectivity index (χ0n) is 12.8. The molecule has 0 aromatic heterocycles. The lowest BCUT2D eigenvalue weighted by atomic mass is 9.73. The Balaban J connectivity index is 1.94. The lowest BCUT2D eigenvalue weighted by molar-refractivity contribution is 0.202. The van der Waals surface area contributed by atoms with Gasteiger partial charge in [-0.25, -0.2) is 0 Å². The van der Waals surface area contributed by atoms with Crippen LogP contribution in [0, 0.1) is 11.3 Å². The van der Waals surface area contributed by atoms with Gasteiger partial charge in [-0.1, -0.05) is 51.3 Å². The number of rotatable bonds is 3.